The number of nitrogens with two attached hydrogens (primary N) is 1. The summed E-state index contributed by atoms with van der Waals surface area (Å²) in [5.74, 6) is 1.47. The van der Waals surface area contributed by atoms with Crippen molar-refractivity contribution in [3.8, 4) is 0 Å². The Hall–Kier alpha value is -2.16. The Kier molecular flexibility index (Phi) is 8.58. The summed E-state index contributed by atoms with van der Waals surface area (Å²) in [6.07, 6.45) is 0. The van der Waals surface area contributed by atoms with Crippen LogP contribution >= 0.6 is 47.1 Å². The summed E-state index contributed by atoms with van der Waals surface area (Å²) in [5, 5.41) is 13.9. The molecule has 1 atom stereocenters. The summed E-state index contributed by atoms with van der Waals surface area (Å²) in [5.41, 5.74) is 3.21. The number of nitrogens with one attached hydrogen (secondary N) is 1. The van der Waals surface area contributed by atoms with Crippen molar-refractivity contribution in [2.24, 2.45) is 15.2 Å². The molecule has 0 amide bonds. The molecule has 0 bridgehead atoms. The zero-order valence-electron chi connectivity index (χ0n) is 17.7. The molecule has 0 spiro atoms. The lowest BCUT2D eigenvalue weighted by Gasteiger charge is -2.19. The highest BCUT2D eigenvalue weighted by Crippen LogP contribution is 2.30. The van der Waals surface area contributed by atoms with E-state index < -0.39 is 0 Å². The Morgan fingerprint density at radius 1 is 1.03 bits per heavy atom. The van der Waals surface area contributed by atoms with Crippen molar-refractivity contribution < 1.29 is 0 Å². The maximum absolute atomic E-state index is 6.34. The highest BCUT2D eigenvalue weighted by molar-refractivity contribution is 7.98. The lowest BCUT2D eigenvalue weighted by Crippen LogP contribution is -2.34. The summed E-state index contributed by atoms with van der Waals surface area (Å²) in [4.78, 5) is 5.67. The monoisotopic (exact) mass is 515 g/mol. The lowest BCUT2D eigenvalue weighted by molar-refractivity contribution is 0.464. The average Bonchev–Trinajstić information content (AvgIpc) is 3.28. The number of guanidine groups is 1. The van der Waals surface area contributed by atoms with Crippen LogP contribution in [0.4, 0.5) is 0 Å². The molecule has 0 saturated carbocycles. The van der Waals surface area contributed by atoms with E-state index in [-0.39, 0.29) is 5.92 Å². The molecule has 1 unspecified atom stereocenters. The van der Waals surface area contributed by atoms with Gasteiger partial charge in [0.1, 0.15) is 0 Å². The summed E-state index contributed by atoms with van der Waals surface area (Å²) in [7, 11) is 0. The van der Waals surface area contributed by atoms with Crippen molar-refractivity contribution in [3.63, 3.8) is 0 Å². The van der Waals surface area contributed by atoms with E-state index in [4.69, 9.17) is 38.4 Å². The van der Waals surface area contributed by atoms with E-state index in [0.29, 0.717) is 34.8 Å². The van der Waals surface area contributed by atoms with E-state index >= 15 is 0 Å². The Morgan fingerprint density at radius 3 is 2.48 bits per heavy atom. The highest BCUT2D eigenvalue weighted by Gasteiger charge is 2.31. The molecule has 4 rings (SSSR count). The van der Waals surface area contributed by atoms with Crippen LogP contribution in [0, 0.1) is 0 Å². The van der Waals surface area contributed by atoms with Crippen molar-refractivity contribution in [2.75, 3.05) is 18.8 Å². The van der Waals surface area contributed by atoms with Gasteiger partial charge < -0.3 is 0 Å². The molecule has 1 heterocycles. The number of hydrogen-bond donors (Lipinski definition) is 2. The molecule has 5 nitrogen and oxygen atoms in total. The van der Waals surface area contributed by atoms with Gasteiger partial charge >= 0.3 is 0 Å². The molecule has 0 aromatic heterocycles. The fourth-order valence-electron chi connectivity index (χ4n) is 3.46. The molecule has 3 aromatic carbocycles. The molecule has 3 N–H and O–H groups in total. The van der Waals surface area contributed by atoms with Crippen molar-refractivity contribution in [3.05, 3.63) is 100 Å². The zero-order chi connectivity index (χ0) is 23.0. The van der Waals surface area contributed by atoms with Crippen LogP contribution in [-0.2, 0) is 0 Å². The Bertz CT molecular complexity index is 1120. The van der Waals surface area contributed by atoms with E-state index in [1.807, 2.05) is 59.6 Å². The van der Waals surface area contributed by atoms with E-state index in [1.54, 1.807) is 0 Å². The van der Waals surface area contributed by atoms with Crippen molar-refractivity contribution >= 4 is 58.8 Å². The summed E-state index contributed by atoms with van der Waals surface area (Å²) < 4.78 is 3.36. The van der Waals surface area contributed by atoms with Gasteiger partial charge in [0.2, 0.25) is 5.96 Å². The van der Waals surface area contributed by atoms with Crippen LogP contribution in [0.2, 0.25) is 10.0 Å². The second kappa shape index (κ2) is 11.8. The third-order valence-electron chi connectivity index (χ3n) is 5.06. The summed E-state index contributed by atoms with van der Waals surface area (Å²) in [6, 6.07) is 25.9. The largest absolute Gasteiger partial charge is 0.295 e. The number of halogens is 2. The van der Waals surface area contributed by atoms with Gasteiger partial charge in [0.15, 0.2) is 0 Å². The first-order valence-electron chi connectivity index (χ1n) is 10.4. The van der Waals surface area contributed by atoms with Crippen molar-refractivity contribution in [1.82, 2.24) is 9.73 Å². The quantitative estimate of drug-likeness (QED) is 0.173. The van der Waals surface area contributed by atoms with Gasteiger partial charge in [-0.25, -0.2) is 10.0 Å². The predicted octanol–water partition coefficient (Wildman–Crippen LogP) is 6.06. The molecule has 0 aliphatic carbocycles. The molecule has 0 fully saturated rings. The minimum atomic E-state index is 0.0913. The summed E-state index contributed by atoms with van der Waals surface area (Å²) in [6.45, 7) is 1.23. The molecule has 3 aromatic rings. The maximum atomic E-state index is 6.34. The molecule has 0 radical (unpaired) electrons. The van der Waals surface area contributed by atoms with Gasteiger partial charge in [0, 0.05) is 21.6 Å². The smallest absolute Gasteiger partial charge is 0.225 e. The SMILES string of the molecule is NSCCN=C(NSc1ccccc1Cl)N1CC(c2ccccc2)C(c2ccc(Cl)cc2)=N1. The van der Waals surface area contributed by atoms with Gasteiger partial charge in [-0.2, -0.15) is 5.10 Å². The van der Waals surface area contributed by atoms with Gasteiger partial charge in [0.05, 0.1) is 23.8 Å². The molecule has 1 aliphatic rings. The number of hydrogen-bond acceptors (Lipinski definition) is 5. The predicted molar refractivity (Wildman–Crippen MR) is 143 cm³/mol. The standard InChI is InChI=1S/C24H23Cl2N5S2/c25-19-12-10-18(11-13-19)23-20(17-6-2-1-3-7-17)16-31(29-23)24(28-14-15-32-27)30-33-22-9-5-4-8-21(22)26/h1-13,20H,14-16,27H2,(H,28,30). The number of benzene rings is 3. The minimum absolute atomic E-state index is 0.0913. The maximum Gasteiger partial charge on any atom is 0.225 e. The highest BCUT2D eigenvalue weighted by atomic mass is 35.5. The zero-order valence-corrected chi connectivity index (χ0v) is 20.8. The third-order valence-corrected chi connectivity index (χ3v) is 7.03. The fraction of sp³-hybridized carbons (Fsp3) is 0.167. The Balaban J connectivity index is 1.64. The van der Waals surface area contributed by atoms with E-state index in [2.05, 4.69) is 29.0 Å². The van der Waals surface area contributed by atoms with Crippen LogP contribution < -0.4 is 9.86 Å². The average molecular weight is 517 g/mol. The molecule has 9 heteroatoms. The number of hydrazone groups is 1. The second-order valence-electron chi connectivity index (χ2n) is 7.25. The summed E-state index contributed by atoms with van der Waals surface area (Å²) >= 11 is 15.2. The number of rotatable bonds is 7. The van der Waals surface area contributed by atoms with E-state index in [9.17, 15) is 0 Å². The van der Waals surface area contributed by atoms with Crippen LogP contribution in [-0.4, -0.2) is 35.5 Å². The first-order valence-corrected chi connectivity index (χ1v) is 13.0. The number of nitrogens with zero attached hydrogens (tertiary/aromatic N) is 3. The molecule has 0 saturated heterocycles. The van der Waals surface area contributed by atoms with Crippen molar-refractivity contribution in [2.45, 2.75) is 10.8 Å². The lowest BCUT2D eigenvalue weighted by atomic mass is 9.91. The van der Waals surface area contributed by atoms with Crippen LogP contribution in [0.25, 0.3) is 0 Å². The number of aliphatic imine (C=N–C) groups is 1. The minimum Gasteiger partial charge on any atom is -0.295 e. The fourth-order valence-corrected chi connectivity index (χ4v) is 4.72. The molecular formula is C24H23Cl2N5S2. The molecule has 170 valence electrons. The third kappa shape index (κ3) is 6.25. The van der Waals surface area contributed by atoms with Crippen LogP contribution in [0.5, 0.6) is 0 Å². The van der Waals surface area contributed by atoms with Gasteiger partial charge in [0.25, 0.3) is 0 Å². The van der Waals surface area contributed by atoms with Gasteiger partial charge in [-0.1, -0.05) is 89.7 Å². The Morgan fingerprint density at radius 2 is 1.76 bits per heavy atom. The van der Waals surface area contributed by atoms with Crippen molar-refractivity contribution in [1.29, 1.82) is 0 Å². The van der Waals surface area contributed by atoms with Gasteiger partial charge in [-0.3, -0.25) is 9.86 Å². The van der Waals surface area contributed by atoms with Gasteiger partial charge in [-0.15, -0.1) is 0 Å². The molecule has 1 aliphatic heterocycles. The molecular weight excluding hydrogens is 493 g/mol. The molecule has 33 heavy (non-hydrogen) atoms. The second-order valence-corrected chi connectivity index (χ2v) is 9.68. The van der Waals surface area contributed by atoms with Crippen LogP contribution in [0.15, 0.2) is 93.9 Å². The van der Waals surface area contributed by atoms with E-state index in [1.165, 1.54) is 29.5 Å². The first-order chi connectivity index (χ1) is 16.2. The van der Waals surface area contributed by atoms with Crippen LogP contribution in [0.3, 0.4) is 0 Å². The van der Waals surface area contributed by atoms with Gasteiger partial charge in [-0.05, 0) is 47.3 Å². The van der Waals surface area contributed by atoms with Crippen LogP contribution in [0.1, 0.15) is 17.0 Å². The topological polar surface area (TPSA) is 66.0 Å². The first kappa shape index (κ1) is 24.0. The normalized spacial score (nSPS) is 16.1. The Labute approximate surface area is 212 Å². The van der Waals surface area contributed by atoms with E-state index in [0.717, 1.165) is 16.2 Å².